The van der Waals surface area contributed by atoms with Crippen LogP contribution < -0.4 is 5.32 Å². The molecule has 1 amide bonds. The number of rotatable bonds is 4. The molecule has 2 aromatic carbocycles. The Morgan fingerprint density at radius 1 is 1.03 bits per heavy atom. The van der Waals surface area contributed by atoms with Crippen LogP contribution in [0.1, 0.15) is 33.3 Å². The van der Waals surface area contributed by atoms with Crippen LogP contribution in [-0.4, -0.2) is 46.2 Å². The Morgan fingerprint density at radius 3 is 2.45 bits per heavy atom. The molecule has 0 aliphatic carbocycles. The Kier molecular flexibility index (Phi) is 5.53. The van der Waals surface area contributed by atoms with Gasteiger partial charge in [0.1, 0.15) is 5.69 Å². The van der Waals surface area contributed by atoms with Gasteiger partial charge < -0.3 is 10.2 Å². The van der Waals surface area contributed by atoms with Crippen molar-refractivity contribution < 1.29 is 9.59 Å². The number of nitrogens with one attached hydrogen (secondary N) is 1. The Labute approximate surface area is 174 Å². The molecule has 0 unspecified atom stereocenters. The maximum Gasteiger partial charge on any atom is 0.272 e. The van der Waals surface area contributed by atoms with Gasteiger partial charge in [-0.1, -0.05) is 11.6 Å². The van der Waals surface area contributed by atoms with E-state index in [0.29, 0.717) is 11.3 Å². The minimum absolute atomic E-state index is 0.0252. The molecule has 0 saturated carbocycles. The predicted molar refractivity (Wildman–Crippen MR) is 119 cm³/mol. The first kappa shape index (κ1) is 19.5. The van der Waals surface area contributed by atoms with Gasteiger partial charge in [-0.3, -0.25) is 9.59 Å². The van der Waals surface area contributed by atoms with Gasteiger partial charge in [-0.05, 0) is 56.3 Å². The lowest BCUT2D eigenvalue weighted by atomic mass is 10.1. The highest BCUT2D eigenvalue weighted by molar-refractivity contribution is 7.99. The molecule has 1 aliphatic heterocycles. The van der Waals surface area contributed by atoms with E-state index in [1.807, 2.05) is 53.9 Å². The number of hydrogen-bond acceptors (Lipinski definition) is 5. The van der Waals surface area contributed by atoms with E-state index in [1.165, 1.54) is 0 Å². The van der Waals surface area contributed by atoms with Crippen molar-refractivity contribution in [2.24, 2.45) is 0 Å². The lowest BCUT2D eigenvalue weighted by Crippen LogP contribution is -2.38. The lowest BCUT2D eigenvalue weighted by Gasteiger charge is -2.26. The summed E-state index contributed by atoms with van der Waals surface area (Å²) in [6, 6.07) is 15.2. The number of carbonyl (C=O) groups is 2. The average Bonchev–Trinajstić information content (AvgIpc) is 2.74. The summed E-state index contributed by atoms with van der Waals surface area (Å²) in [6.45, 7) is 5.10. The Balaban J connectivity index is 1.73. The number of fused-ring (bicyclic) bond motifs is 1. The van der Waals surface area contributed by atoms with Gasteiger partial charge in [-0.25, -0.2) is 4.98 Å². The Morgan fingerprint density at radius 2 is 1.76 bits per heavy atom. The van der Waals surface area contributed by atoms with E-state index >= 15 is 0 Å². The van der Waals surface area contributed by atoms with E-state index in [2.05, 4.69) is 16.4 Å². The molecular weight excluding hydrogens is 382 g/mol. The zero-order valence-electron chi connectivity index (χ0n) is 16.6. The monoisotopic (exact) mass is 405 g/mol. The quantitative estimate of drug-likeness (QED) is 0.639. The van der Waals surface area contributed by atoms with E-state index in [4.69, 9.17) is 0 Å². The van der Waals surface area contributed by atoms with Crippen LogP contribution in [0.4, 0.5) is 11.4 Å². The van der Waals surface area contributed by atoms with Crippen LogP contribution in [0.3, 0.4) is 0 Å². The molecule has 0 radical (unpaired) electrons. The molecule has 3 aromatic rings. The molecule has 0 atom stereocenters. The second kappa shape index (κ2) is 8.25. The molecule has 4 rings (SSSR count). The van der Waals surface area contributed by atoms with Crippen molar-refractivity contribution in [3.05, 3.63) is 65.4 Å². The second-order valence-corrected chi connectivity index (χ2v) is 8.46. The first-order valence-electron chi connectivity index (χ1n) is 9.68. The number of ketones is 1. The van der Waals surface area contributed by atoms with Crippen LogP contribution in [0.5, 0.6) is 0 Å². The molecule has 0 spiro atoms. The number of pyridine rings is 1. The SMILES string of the molecule is CC(=O)c1ccc(Nc2cc(C(=O)N3CCSCC3)nc3ccc(C)cc23)cc1. The van der Waals surface area contributed by atoms with Crippen molar-refractivity contribution in [3.63, 3.8) is 0 Å². The summed E-state index contributed by atoms with van der Waals surface area (Å²) in [5.74, 6) is 1.94. The van der Waals surface area contributed by atoms with E-state index < -0.39 is 0 Å². The molecule has 1 saturated heterocycles. The van der Waals surface area contributed by atoms with Crippen molar-refractivity contribution in [3.8, 4) is 0 Å². The minimum Gasteiger partial charge on any atom is -0.355 e. The number of carbonyl (C=O) groups excluding carboxylic acids is 2. The third-order valence-electron chi connectivity index (χ3n) is 5.05. The molecule has 1 N–H and O–H groups in total. The number of Topliss-reactive ketones (excluding diaryl/α,β-unsaturated/α-hetero) is 1. The van der Waals surface area contributed by atoms with Crippen LogP contribution in [0, 0.1) is 6.92 Å². The summed E-state index contributed by atoms with van der Waals surface area (Å²) in [6.07, 6.45) is 0. The zero-order valence-corrected chi connectivity index (χ0v) is 17.4. The molecule has 5 nitrogen and oxygen atoms in total. The third kappa shape index (κ3) is 4.27. The number of anilines is 2. The summed E-state index contributed by atoms with van der Waals surface area (Å²) >= 11 is 1.87. The van der Waals surface area contributed by atoms with Gasteiger partial charge in [-0.15, -0.1) is 0 Å². The van der Waals surface area contributed by atoms with Crippen LogP contribution in [0.2, 0.25) is 0 Å². The number of nitrogens with zero attached hydrogens (tertiary/aromatic N) is 2. The maximum atomic E-state index is 13.0. The first-order valence-corrected chi connectivity index (χ1v) is 10.8. The number of aryl methyl sites for hydroxylation is 1. The summed E-state index contributed by atoms with van der Waals surface area (Å²) in [7, 11) is 0. The normalized spacial score (nSPS) is 14.1. The fraction of sp³-hybridized carbons (Fsp3) is 0.261. The largest absolute Gasteiger partial charge is 0.355 e. The fourth-order valence-electron chi connectivity index (χ4n) is 3.42. The highest BCUT2D eigenvalue weighted by atomic mass is 32.2. The summed E-state index contributed by atoms with van der Waals surface area (Å²) < 4.78 is 0. The summed E-state index contributed by atoms with van der Waals surface area (Å²) in [5, 5.41) is 4.38. The second-order valence-electron chi connectivity index (χ2n) is 7.24. The van der Waals surface area contributed by atoms with Gasteiger partial charge in [0.05, 0.1) is 11.2 Å². The van der Waals surface area contributed by atoms with Gasteiger partial charge in [0.15, 0.2) is 5.78 Å². The fourth-order valence-corrected chi connectivity index (χ4v) is 4.33. The van der Waals surface area contributed by atoms with E-state index in [0.717, 1.165) is 52.4 Å². The molecule has 29 heavy (non-hydrogen) atoms. The van der Waals surface area contributed by atoms with E-state index in [9.17, 15) is 9.59 Å². The Hall–Kier alpha value is -2.86. The van der Waals surface area contributed by atoms with Gasteiger partial charge in [0.25, 0.3) is 5.91 Å². The third-order valence-corrected chi connectivity index (χ3v) is 5.99. The zero-order chi connectivity index (χ0) is 20.4. The molecule has 1 aromatic heterocycles. The topological polar surface area (TPSA) is 62.3 Å². The highest BCUT2D eigenvalue weighted by Crippen LogP contribution is 2.28. The summed E-state index contributed by atoms with van der Waals surface area (Å²) in [4.78, 5) is 31.1. The predicted octanol–water partition coefficient (Wildman–Crippen LogP) is 4.68. The first-order chi connectivity index (χ1) is 14.0. The molecule has 0 bridgehead atoms. The number of thioether (sulfide) groups is 1. The molecule has 6 heteroatoms. The van der Waals surface area contributed by atoms with Gasteiger partial charge in [0.2, 0.25) is 0 Å². The number of benzene rings is 2. The minimum atomic E-state index is -0.0252. The number of aromatic nitrogens is 1. The number of amides is 1. The van der Waals surface area contributed by atoms with Crippen molar-refractivity contribution in [1.29, 1.82) is 0 Å². The van der Waals surface area contributed by atoms with E-state index in [-0.39, 0.29) is 11.7 Å². The van der Waals surface area contributed by atoms with Crippen molar-refractivity contribution in [2.75, 3.05) is 29.9 Å². The Bertz CT molecular complexity index is 1070. The maximum absolute atomic E-state index is 13.0. The molecular formula is C23H23N3O2S. The van der Waals surface area contributed by atoms with Gasteiger partial charge >= 0.3 is 0 Å². The highest BCUT2D eigenvalue weighted by Gasteiger charge is 2.21. The van der Waals surface area contributed by atoms with E-state index in [1.54, 1.807) is 19.1 Å². The molecule has 1 fully saturated rings. The van der Waals surface area contributed by atoms with Crippen molar-refractivity contribution >= 4 is 45.7 Å². The summed E-state index contributed by atoms with van der Waals surface area (Å²) in [5.41, 5.74) is 4.74. The molecule has 2 heterocycles. The van der Waals surface area contributed by atoms with Crippen LogP contribution in [-0.2, 0) is 0 Å². The van der Waals surface area contributed by atoms with Crippen LogP contribution >= 0.6 is 11.8 Å². The smallest absolute Gasteiger partial charge is 0.272 e. The molecule has 1 aliphatic rings. The van der Waals surface area contributed by atoms with Crippen LogP contribution in [0.25, 0.3) is 10.9 Å². The average molecular weight is 406 g/mol. The molecule has 148 valence electrons. The van der Waals surface area contributed by atoms with Gasteiger partial charge in [0, 0.05) is 41.2 Å². The number of hydrogen-bond donors (Lipinski definition) is 1. The lowest BCUT2D eigenvalue weighted by molar-refractivity contribution is 0.0766. The van der Waals surface area contributed by atoms with Crippen LogP contribution in [0.15, 0.2) is 48.5 Å². The van der Waals surface area contributed by atoms with Crippen molar-refractivity contribution in [2.45, 2.75) is 13.8 Å². The van der Waals surface area contributed by atoms with Gasteiger partial charge in [-0.2, -0.15) is 11.8 Å². The standard InChI is InChI=1S/C23H23N3O2S/c1-15-3-8-20-19(13-15)21(24-18-6-4-17(5-7-18)16(2)27)14-22(25-20)23(28)26-9-11-29-12-10-26/h3-8,13-14H,9-12H2,1-2H3,(H,24,25). The van der Waals surface area contributed by atoms with Crippen molar-refractivity contribution in [1.82, 2.24) is 9.88 Å².